The molecule has 7 nitrogen and oxygen atoms in total. The van der Waals surface area contributed by atoms with E-state index in [0.29, 0.717) is 17.2 Å². The highest BCUT2D eigenvalue weighted by molar-refractivity contribution is 5.45. The van der Waals surface area contributed by atoms with Gasteiger partial charge in [-0.05, 0) is 42.9 Å². The van der Waals surface area contributed by atoms with Gasteiger partial charge in [-0.25, -0.2) is 5.26 Å². The largest absolute Gasteiger partial charge is 0.486 e. The summed E-state index contributed by atoms with van der Waals surface area (Å²) in [6.07, 6.45) is 1.74. The van der Waals surface area contributed by atoms with Crippen molar-refractivity contribution in [2.24, 2.45) is 5.92 Å². The molecule has 3 rings (SSSR count). The van der Waals surface area contributed by atoms with E-state index in [-0.39, 0.29) is 18.4 Å². The van der Waals surface area contributed by atoms with Gasteiger partial charge in [0, 0.05) is 6.54 Å². The molecule has 1 aromatic carbocycles. The van der Waals surface area contributed by atoms with Crippen molar-refractivity contribution in [2.75, 3.05) is 6.54 Å². The molecule has 128 valence electrons. The van der Waals surface area contributed by atoms with Gasteiger partial charge in [-0.3, -0.25) is 5.32 Å². The van der Waals surface area contributed by atoms with Gasteiger partial charge in [0.05, 0.1) is 5.92 Å². The molecule has 0 radical (unpaired) electrons. The van der Waals surface area contributed by atoms with Crippen molar-refractivity contribution in [3.63, 3.8) is 0 Å². The first-order chi connectivity index (χ1) is 10.9. The van der Waals surface area contributed by atoms with Crippen molar-refractivity contribution in [3.8, 4) is 11.5 Å². The van der Waals surface area contributed by atoms with E-state index in [1.165, 1.54) is 6.07 Å². The van der Waals surface area contributed by atoms with Crippen LogP contribution in [0.25, 0.3) is 0 Å². The van der Waals surface area contributed by atoms with Gasteiger partial charge in [-0.2, -0.15) is 0 Å². The minimum absolute atomic E-state index is 0.0412. The Bertz CT molecular complexity index is 564. The average Bonchev–Trinajstić information content (AvgIpc) is 3.03. The monoisotopic (exact) mass is 325 g/mol. The third-order valence-corrected chi connectivity index (χ3v) is 4.96. The van der Waals surface area contributed by atoms with Crippen LogP contribution in [0, 0.1) is 5.92 Å². The van der Waals surface area contributed by atoms with Crippen LogP contribution in [0.1, 0.15) is 37.7 Å². The van der Waals surface area contributed by atoms with Crippen LogP contribution in [0.4, 0.5) is 0 Å². The van der Waals surface area contributed by atoms with E-state index in [1.807, 2.05) is 0 Å². The molecule has 1 saturated carbocycles. The standard InChI is InChI=1S/C16H23NO6/c1-9-3-2-4-12(9)22-14-7-10(5-6-13(14)23-21)11-8-17-15(18)16(11,19)20/h5-7,9,11-12,15,17-21H,2-4,8H2,1H3. The Kier molecular flexibility index (Phi) is 4.48. The second-order valence-electron chi connectivity index (χ2n) is 6.51. The van der Waals surface area contributed by atoms with Crippen LogP contribution < -0.4 is 14.9 Å². The number of benzene rings is 1. The van der Waals surface area contributed by atoms with E-state index < -0.39 is 17.9 Å². The van der Waals surface area contributed by atoms with E-state index >= 15 is 0 Å². The van der Waals surface area contributed by atoms with Gasteiger partial charge in [0.15, 0.2) is 12.0 Å². The number of hydrogen-bond donors (Lipinski definition) is 5. The molecule has 0 aromatic heterocycles. The molecule has 4 atom stereocenters. The third-order valence-electron chi connectivity index (χ3n) is 4.96. The van der Waals surface area contributed by atoms with Gasteiger partial charge in [0.1, 0.15) is 6.10 Å². The lowest BCUT2D eigenvalue weighted by atomic mass is 9.92. The van der Waals surface area contributed by atoms with Gasteiger partial charge in [-0.15, -0.1) is 0 Å². The molecule has 5 N–H and O–H groups in total. The molecule has 2 fully saturated rings. The summed E-state index contributed by atoms with van der Waals surface area (Å²) in [4.78, 5) is 4.37. The molecule has 1 saturated heterocycles. The quantitative estimate of drug-likeness (QED) is 0.316. The predicted octanol–water partition coefficient (Wildman–Crippen LogP) is 0.792. The fourth-order valence-corrected chi connectivity index (χ4v) is 3.44. The molecule has 4 unspecified atom stereocenters. The van der Waals surface area contributed by atoms with E-state index in [0.717, 1.165) is 19.3 Å². The van der Waals surface area contributed by atoms with E-state index in [4.69, 9.17) is 9.99 Å². The topological polar surface area (TPSA) is 111 Å². The van der Waals surface area contributed by atoms with Gasteiger partial charge >= 0.3 is 0 Å². The Morgan fingerprint density at radius 1 is 1.22 bits per heavy atom. The van der Waals surface area contributed by atoms with Crippen LogP contribution in [0.3, 0.4) is 0 Å². The van der Waals surface area contributed by atoms with Crippen molar-refractivity contribution < 1.29 is 30.2 Å². The van der Waals surface area contributed by atoms with Crippen LogP contribution in [0.2, 0.25) is 0 Å². The van der Waals surface area contributed by atoms with Gasteiger partial charge < -0.3 is 24.9 Å². The van der Waals surface area contributed by atoms with E-state index in [1.54, 1.807) is 12.1 Å². The van der Waals surface area contributed by atoms with Gasteiger partial charge in [0.2, 0.25) is 11.5 Å². The second-order valence-corrected chi connectivity index (χ2v) is 6.51. The van der Waals surface area contributed by atoms with Crippen LogP contribution >= 0.6 is 0 Å². The van der Waals surface area contributed by atoms with Gasteiger partial charge in [-0.1, -0.05) is 13.0 Å². The zero-order valence-corrected chi connectivity index (χ0v) is 13.0. The van der Waals surface area contributed by atoms with E-state index in [2.05, 4.69) is 17.1 Å². The maximum absolute atomic E-state index is 10.0. The van der Waals surface area contributed by atoms with Crippen LogP contribution in [-0.2, 0) is 0 Å². The number of aliphatic hydroxyl groups is 3. The Balaban J connectivity index is 1.87. The smallest absolute Gasteiger partial charge is 0.211 e. The van der Waals surface area contributed by atoms with Crippen LogP contribution in [0.15, 0.2) is 18.2 Å². The lowest BCUT2D eigenvalue weighted by molar-refractivity contribution is -0.221. The van der Waals surface area contributed by atoms with Crippen molar-refractivity contribution in [3.05, 3.63) is 23.8 Å². The number of aliphatic hydroxyl groups excluding tert-OH is 1. The molecule has 0 bridgehead atoms. The highest BCUT2D eigenvalue weighted by Gasteiger charge is 2.48. The maximum atomic E-state index is 10.0. The fraction of sp³-hybridized carbons (Fsp3) is 0.625. The first-order valence-electron chi connectivity index (χ1n) is 7.91. The fourth-order valence-electron chi connectivity index (χ4n) is 3.44. The van der Waals surface area contributed by atoms with Gasteiger partial charge in [0.25, 0.3) is 0 Å². The summed E-state index contributed by atoms with van der Waals surface area (Å²) in [5.74, 6) is -2.02. The SMILES string of the molecule is CC1CCCC1Oc1cc(C2CNC(O)C2(O)O)ccc1OO. The number of ether oxygens (including phenoxy) is 1. The Hall–Kier alpha value is -1.38. The van der Waals surface area contributed by atoms with Crippen molar-refractivity contribution in [2.45, 2.75) is 50.2 Å². The molecule has 7 heteroatoms. The van der Waals surface area contributed by atoms with E-state index in [9.17, 15) is 15.3 Å². The van der Waals surface area contributed by atoms with Crippen LogP contribution in [0.5, 0.6) is 11.5 Å². The number of nitrogens with one attached hydrogen (secondary N) is 1. The molecule has 23 heavy (non-hydrogen) atoms. The summed E-state index contributed by atoms with van der Waals surface area (Å²) in [7, 11) is 0. The lowest BCUT2D eigenvalue weighted by Gasteiger charge is -2.26. The highest BCUT2D eigenvalue weighted by atomic mass is 17.1. The molecular formula is C16H23NO6. The molecule has 2 aliphatic rings. The molecule has 1 aromatic rings. The first-order valence-corrected chi connectivity index (χ1v) is 7.91. The van der Waals surface area contributed by atoms with Crippen molar-refractivity contribution in [1.82, 2.24) is 5.32 Å². The summed E-state index contributed by atoms with van der Waals surface area (Å²) in [6.45, 7) is 2.33. The molecular weight excluding hydrogens is 302 g/mol. The summed E-state index contributed by atoms with van der Waals surface area (Å²) in [5.41, 5.74) is 0.584. The molecule has 1 aliphatic heterocycles. The summed E-state index contributed by atoms with van der Waals surface area (Å²) >= 11 is 0. The third kappa shape index (κ3) is 3.02. The normalized spacial score (nSPS) is 32.9. The summed E-state index contributed by atoms with van der Waals surface area (Å²) in [6, 6.07) is 4.76. The summed E-state index contributed by atoms with van der Waals surface area (Å²) in [5, 5.41) is 41.3. The Labute approximate surface area is 134 Å². The summed E-state index contributed by atoms with van der Waals surface area (Å²) < 4.78 is 5.97. The Morgan fingerprint density at radius 2 is 2.00 bits per heavy atom. The van der Waals surface area contributed by atoms with Crippen molar-refractivity contribution >= 4 is 0 Å². The zero-order chi connectivity index (χ0) is 16.6. The highest BCUT2D eigenvalue weighted by Crippen LogP contribution is 2.39. The maximum Gasteiger partial charge on any atom is 0.211 e. The molecule has 0 spiro atoms. The lowest BCUT2D eigenvalue weighted by Crippen LogP contribution is -2.45. The average molecular weight is 325 g/mol. The predicted molar refractivity (Wildman–Crippen MR) is 81.0 cm³/mol. The first kappa shape index (κ1) is 16.5. The molecule has 1 heterocycles. The zero-order valence-electron chi connectivity index (χ0n) is 13.0. The minimum Gasteiger partial charge on any atom is -0.486 e. The molecule has 0 amide bonds. The Morgan fingerprint density at radius 3 is 2.57 bits per heavy atom. The van der Waals surface area contributed by atoms with Crippen LogP contribution in [-0.4, -0.2) is 45.2 Å². The number of hydrogen-bond acceptors (Lipinski definition) is 7. The minimum atomic E-state index is -2.26. The van der Waals surface area contributed by atoms with Crippen molar-refractivity contribution in [1.29, 1.82) is 0 Å². The molecule has 1 aliphatic carbocycles. The number of rotatable bonds is 4. The second kappa shape index (κ2) is 6.26.